The minimum atomic E-state index is -1.05. The molecule has 24 heavy (non-hydrogen) atoms. The smallest absolute Gasteiger partial charge is 0.339 e. The van der Waals surface area contributed by atoms with Crippen LogP contribution in [-0.2, 0) is 4.84 Å². The topological polar surface area (TPSA) is 62.7 Å². The van der Waals surface area contributed by atoms with Crippen LogP contribution in [0.5, 0.6) is 0 Å². The fourth-order valence-corrected chi connectivity index (χ4v) is 2.49. The van der Waals surface area contributed by atoms with E-state index in [-0.39, 0.29) is 5.56 Å². The maximum atomic E-state index is 11.4. The van der Waals surface area contributed by atoms with Crippen LogP contribution in [0.25, 0.3) is 11.1 Å². The SMILES string of the molecule is CON(c1ccc(-c2ccccc2)cc1)c1ccncc1C(=O)O. The molecule has 5 nitrogen and oxygen atoms in total. The van der Waals surface area contributed by atoms with Gasteiger partial charge < -0.3 is 5.11 Å². The van der Waals surface area contributed by atoms with Crippen LogP contribution in [0, 0.1) is 0 Å². The lowest BCUT2D eigenvalue weighted by atomic mass is 10.1. The highest BCUT2D eigenvalue weighted by Crippen LogP contribution is 2.30. The predicted octanol–water partition coefficient (Wildman–Crippen LogP) is 4.15. The number of nitrogens with zero attached hydrogens (tertiary/aromatic N) is 2. The second-order valence-corrected chi connectivity index (χ2v) is 5.09. The monoisotopic (exact) mass is 320 g/mol. The molecule has 0 aliphatic rings. The van der Waals surface area contributed by atoms with Crippen molar-refractivity contribution in [2.45, 2.75) is 0 Å². The zero-order valence-electron chi connectivity index (χ0n) is 13.1. The van der Waals surface area contributed by atoms with E-state index < -0.39 is 5.97 Å². The van der Waals surface area contributed by atoms with Crippen molar-refractivity contribution >= 4 is 17.3 Å². The number of rotatable bonds is 5. The van der Waals surface area contributed by atoms with Crippen LogP contribution in [0.4, 0.5) is 11.4 Å². The molecule has 1 heterocycles. The number of carboxylic acid groups (broad SMARTS) is 1. The number of anilines is 2. The van der Waals surface area contributed by atoms with E-state index in [1.165, 1.54) is 24.6 Å². The summed E-state index contributed by atoms with van der Waals surface area (Å²) in [6.45, 7) is 0. The lowest BCUT2D eigenvalue weighted by Gasteiger charge is -2.23. The molecule has 120 valence electrons. The normalized spacial score (nSPS) is 10.4. The molecule has 0 fully saturated rings. The highest BCUT2D eigenvalue weighted by Gasteiger charge is 2.17. The van der Waals surface area contributed by atoms with Crippen molar-refractivity contribution in [2.75, 3.05) is 12.2 Å². The average Bonchev–Trinajstić information content (AvgIpc) is 2.64. The number of pyridine rings is 1. The van der Waals surface area contributed by atoms with Crippen molar-refractivity contribution in [3.05, 3.63) is 78.6 Å². The molecule has 0 aliphatic heterocycles. The third kappa shape index (κ3) is 3.11. The predicted molar refractivity (Wildman–Crippen MR) is 92.2 cm³/mol. The lowest BCUT2D eigenvalue weighted by molar-refractivity contribution is 0.0695. The first kappa shape index (κ1) is 15.7. The van der Waals surface area contributed by atoms with Crippen LogP contribution in [0.3, 0.4) is 0 Å². The maximum absolute atomic E-state index is 11.4. The molecule has 0 spiro atoms. The number of hydrogen-bond donors (Lipinski definition) is 1. The Morgan fingerprint density at radius 1 is 1.00 bits per heavy atom. The molecule has 0 saturated heterocycles. The quantitative estimate of drug-likeness (QED) is 0.716. The van der Waals surface area contributed by atoms with Crippen molar-refractivity contribution in [3.8, 4) is 11.1 Å². The molecule has 0 unspecified atom stereocenters. The highest BCUT2D eigenvalue weighted by atomic mass is 16.7. The van der Waals surface area contributed by atoms with Gasteiger partial charge >= 0.3 is 5.97 Å². The van der Waals surface area contributed by atoms with Gasteiger partial charge in [0.05, 0.1) is 18.5 Å². The van der Waals surface area contributed by atoms with Crippen LogP contribution < -0.4 is 5.06 Å². The van der Waals surface area contributed by atoms with E-state index >= 15 is 0 Å². The Kier molecular flexibility index (Phi) is 4.54. The molecule has 0 saturated carbocycles. The van der Waals surface area contributed by atoms with Gasteiger partial charge in [-0.05, 0) is 29.3 Å². The fourth-order valence-electron chi connectivity index (χ4n) is 2.49. The fraction of sp³-hybridized carbons (Fsp3) is 0.0526. The van der Waals surface area contributed by atoms with Crippen LogP contribution >= 0.6 is 0 Å². The summed E-state index contributed by atoms with van der Waals surface area (Å²) in [6, 6.07) is 19.3. The van der Waals surface area contributed by atoms with Gasteiger partial charge in [0.25, 0.3) is 0 Å². The van der Waals surface area contributed by atoms with E-state index in [4.69, 9.17) is 4.84 Å². The van der Waals surface area contributed by atoms with Gasteiger partial charge in [-0.2, -0.15) is 0 Å². The summed E-state index contributed by atoms with van der Waals surface area (Å²) in [4.78, 5) is 20.7. The second kappa shape index (κ2) is 6.93. The molecular weight excluding hydrogens is 304 g/mol. The molecule has 0 aliphatic carbocycles. The molecule has 0 atom stereocenters. The summed E-state index contributed by atoms with van der Waals surface area (Å²) in [5.41, 5.74) is 3.41. The van der Waals surface area contributed by atoms with E-state index in [9.17, 15) is 9.90 Å². The number of aromatic nitrogens is 1. The zero-order chi connectivity index (χ0) is 16.9. The van der Waals surface area contributed by atoms with Crippen molar-refractivity contribution in [1.29, 1.82) is 0 Å². The van der Waals surface area contributed by atoms with Gasteiger partial charge in [0.1, 0.15) is 5.56 Å². The van der Waals surface area contributed by atoms with Gasteiger partial charge in [0, 0.05) is 12.4 Å². The summed E-state index contributed by atoms with van der Waals surface area (Å²) >= 11 is 0. The first-order valence-electron chi connectivity index (χ1n) is 7.37. The molecule has 1 aromatic heterocycles. The first-order chi connectivity index (χ1) is 11.7. The van der Waals surface area contributed by atoms with Crippen molar-refractivity contribution < 1.29 is 14.7 Å². The molecule has 5 heteroatoms. The Labute approximate surface area is 139 Å². The zero-order valence-corrected chi connectivity index (χ0v) is 13.1. The number of benzene rings is 2. The lowest BCUT2D eigenvalue weighted by Crippen LogP contribution is -2.18. The molecule has 2 aromatic carbocycles. The van der Waals surface area contributed by atoms with Crippen molar-refractivity contribution in [1.82, 2.24) is 4.98 Å². The van der Waals surface area contributed by atoms with E-state index in [2.05, 4.69) is 4.98 Å². The third-order valence-corrected chi connectivity index (χ3v) is 3.64. The van der Waals surface area contributed by atoms with Gasteiger partial charge in [-0.15, -0.1) is 0 Å². The van der Waals surface area contributed by atoms with Crippen LogP contribution in [0.2, 0.25) is 0 Å². The summed E-state index contributed by atoms with van der Waals surface area (Å²) in [6.07, 6.45) is 2.84. The summed E-state index contributed by atoms with van der Waals surface area (Å²) in [7, 11) is 1.50. The van der Waals surface area contributed by atoms with Gasteiger partial charge in [-0.1, -0.05) is 42.5 Å². The van der Waals surface area contributed by atoms with Crippen LogP contribution in [0.1, 0.15) is 10.4 Å². The first-order valence-corrected chi connectivity index (χ1v) is 7.37. The molecule has 3 rings (SSSR count). The third-order valence-electron chi connectivity index (χ3n) is 3.64. The molecule has 1 N–H and O–H groups in total. The van der Waals surface area contributed by atoms with Crippen LogP contribution in [-0.4, -0.2) is 23.2 Å². The molecule has 0 bridgehead atoms. The van der Waals surface area contributed by atoms with Gasteiger partial charge in [0.15, 0.2) is 0 Å². The molecular formula is C19H16N2O3. The summed E-state index contributed by atoms with van der Waals surface area (Å²) in [5.74, 6) is -1.05. The van der Waals surface area contributed by atoms with Gasteiger partial charge in [0.2, 0.25) is 0 Å². The van der Waals surface area contributed by atoms with E-state index in [1.54, 1.807) is 6.07 Å². The molecule has 3 aromatic rings. The second-order valence-electron chi connectivity index (χ2n) is 5.09. The Balaban J connectivity index is 1.97. The van der Waals surface area contributed by atoms with E-state index in [1.807, 2.05) is 54.6 Å². The van der Waals surface area contributed by atoms with Gasteiger partial charge in [-0.3, -0.25) is 9.82 Å². The Bertz CT molecular complexity index is 833. The highest BCUT2D eigenvalue weighted by molar-refractivity contribution is 5.94. The van der Waals surface area contributed by atoms with Crippen LogP contribution in [0.15, 0.2) is 73.1 Å². The maximum Gasteiger partial charge on any atom is 0.339 e. The standard InChI is InChI=1S/C19H16N2O3/c1-24-21(18-11-12-20-13-17(18)19(22)23)16-9-7-15(8-10-16)14-5-3-2-4-6-14/h2-13H,1H3,(H,22,23). The minimum Gasteiger partial charge on any atom is -0.478 e. The largest absolute Gasteiger partial charge is 0.478 e. The van der Waals surface area contributed by atoms with Gasteiger partial charge in [-0.25, -0.2) is 9.86 Å². The number of aromatic carboxylic acids is 1. The summed E-state index contributed by atoms with van der Waals surface area (Å²) in [5, 5.41) is 10.8. The van der Waals surface area contributed by atoms with Crippen molar-refractivity contribution in [2.24, 2.45) is 0 Å². The molecule has 0 radical (unpaired) electrons. The number of hydrogen-bond acceptors (Lipinski definition) is 4. The summed E-state index contributed by atoms with van der Waals surface area (Å²) < 4.78 is 0. The Morgan fingerprint density at radius 2 is 1.67 bits per heavy atom. The number of carbonyl (C=O) groups is 1. The number of carboxylic acids is 1. The molecule has 0 amide bonds. The van der Waals surface area contributed by atoms with E-state index in [0.717, 1.165) is 16.8 Å². The average molecular weight is 320 g/mol. The minimum absolute atomic E-state index is 0.0754. The Hall–Kier alpha value is -3.18. The Morgan fingerprint density at radius 3 is 2.29 bits per heavy atom. The van der Waals surface area contributed by atoms with E-state index in [0.29, 0.717) is 5.69 Å². The van der Waals surface area contributed by atoms with Crippen molar-refractivity contribution in [3.63, 3.8) is 0 Å².